The first kappa shape index (κ1) is 23.5. The zero-order valence-corrected chi connectivity index (χ0v) is 18.8. The molecule has 1 saturated heterocycles. The normalized spacial score (nSPS) is 26.7. The minimum Gasteiger partial charge on any atom is -0.444 e. The Labute approximate surface area is 174 Å². The maximum atomic E-state index is 13.6. The second kappa shape index (κ2) is 8.93. The van der Waals surface area contributed by atoms with Crippen molar-refractivity contribution in [1.82, 2.24) is 10.2 Å². The molecule has 1 heterocycles. The third-order valence-corrected chi connectivity index (χ3v) is 5.81. The first-order valence-corrected chi connectivity index (χ1v) is 10.3. The van der Waals surface area contributed by atoms with Crippen LogP contribution in [0, 0.1) is 30.1 Å². The van der Waals surface area contributed by atoms with Crippen LogP contribution in [-0.2, 0) is 19.0 Å². The highest BCUT2D eigenvalue weighted by molar-refractivity contribution is 5.86. The van der Waals surface area contributed by atoms with E-state index in [1.165, 1.54) is 0 Å². The van der Waals surface area contributed by atoms with Crippen molar-refractivity contribution in [2.75, 3.05) is 20.8 Å². The molecule has 2 aliphatic rings. The standard InChI is InChI=1S/C22H36N2O5/c1-9-15-13-24(18-16(15)10-11-22(18,27-7)28-8)19(25)17(12-14(2)3)23-20(26)29-21(4,5)6/h1,14-18H,10-13H2,2-8H3,(H,23,26)/t15-,16-,17+,18+/m1/s1. The number of rotatable bonds is 6. The number of amides is 2. The highest BCUT2D eigenvalue weighted by Crippen LogP contribution is 2.49. The van der Waals surface area contributed by atoms with Gasteiger partial charge in [-0.1, -0.05) is 13.8 Å². The van der Waals surface area contributed by atoms with Crippen LogP contribution in [0.3, 0.4) is 0 Å². The van der Waals surface area contributed by atoms with E-state index < -0.39 is 23.5 Å². The smallest absolute Gasteiger partial charge is 0.408 e. The molecule has 29 heavy (non-hydrogen) atoms. The van der Waals surface area contributed by atoms with Crippen LogP contribution in [0.5, 0.6) is 0 Å². The second-order valence-electron chi connectivity index (χ2n) is 9.46. The quantitative estimate of drug-likeness (QED) is 0.540. The van der Waals surface area contributed by atoms with Crippen molar-refractivity contribution in [1.29, 1.82) is 0 Å². The summed E-state index contributed by atoms with van der Waals surface area (Å²) in [6.45, 7) is 9.83. The van der Waals surface area contributed by atoms with Crippen LogP contribution in [0.4, 0.5) is 4.79 Å². The van der Waals surface area contributed by atoms with Gasteiger partial charge in [0.25, 0.3) is 0 Å². The predicted octanol–water partition coefficient (Wildman–Crippen LogP) is 2.79. The van der Waals surface area contributed by atoms with E-state index in [4.69, 9.17) is 20.6 Å². The van der Waals surface area contributed by atoms with Gasteiger partial charge in [-0.25, -0.2) is 4.79 Å². The van der Waals surface area contributed by atoms with Crippen molar-refractivity contribution in [2.24, 2.45) is 17.8 Å². The monoisotopic (exact) mass is 408 g/mol. The van der Waals surface area contributed by atoms with Gasteiger partial charge in [-0.2, -0.15) is 0 Å². The van der Waals surface area contributed by atoms with Gasteiger partial charge >= 0.3 is 6.09 Å². The summed E-state index contributed by atoms with van der Waals surface area (Å²) in [7, 11) is 3.20. The van der Waals surface area contributed by atoms with Crippen molar-refractivity contribution >= 4 is 12.0 Å². The lowest BCUT2D eigenvalue weighted by atomic mass is 9.92. The molecule has 0 unspecified atom stereocenters. The van der Waals surface area contributed by atoms with Gasteiger partial charge in [0.2, 0.25) is 5.91 Å². The van der Waals surface area contributed by atoms with E-state index in [0.717, 1.165) is 6.42 Å². The minimum atomic E-state index is -0.875. The van der Waals surface area contributed by atoms with Crippen molar-refractivity contribution < 1.29 is 23.8 Å². The molecule has 1 saturated carbocycles. The molecule has 164 valence electrons. The molecule has 1 aliphatic heterocycles. The first-order valence-electron chi connectivity index (χ1n) is 10.3. The lowest BCUT2D eigenvalue weighted by Gasteiger charge is -2.39. The van der Waals surface area contributed by atoms with E-state index in [-0.39, 0.29) is 29.7 Å². The Bertz CT molecular complexity index is 645. The summed E-state index contributed by atoms with van der Waals surface area (Å²) < 4.78 is 16.9. The largest absolute Gasteiger partial charge is 0.444 e. The first-order chi connectivity index (χ1) is 13.5. The molecule has 2 fully saturated rings. The topological polar surface area (TPSA) is 77.1 Å². The van der Waals surface area contributed by atoms with Crippen LogP contribution in [-0.4, -0.2) is 61.1 Å². The Morgan fingerprint density at radius 1 is 1.28 bits per heavy atom. The Morgan fingerprint density at radius 2 is 1.90 bits per heavy atom. The molecule has 1 aliphatic carbocycles. The summed E-state index contributed by atoms with van der Waals surface area (Å²) in [5, 5.41) is 2.77. The summed E-state index contributed by atoms with van der Waals surface area (Å²) in [5.74, 6) is 2.06. The zero-order chi connectivity index (χ0) is 22.0. The van der Waals surface area contributed by atoms with Crippen LogP contribution >= 0.6 is 0 Å². The zero-order valence-electron chi connectivity index (χ0n) is 18.8. The van der Waals surface area contributed by atoms with Crippen molar-refractivity contribution in [2.45, 2.75) is 77.4 Å². The fourth-order valence-electron chi connectivity index (χ4n) is 4.63. The molecule has 2 rings (SSSR count). The average Bonchev–Trinajstić information content (AvgIpc) is 3.17. The van der Waals surface area contributed by atoms with Gasteiger partial charge in [0, 0.05) is 39.0 Å². The number of hydrogen-bond donors (Lipinski definition) is 1. The van der Waals surface area contributed by atoms with E-state index in [9.17, 15) is 9.59 Å². The predicted molar refractivity (Wildman–Crippen MR) is 110 cm³/mol. The SMILES string of the molecule is C#C[C@@H]1CN(C(=O)[C@H](CC(C)C)NC(=O)OC(C)(C)C)[C@H]2[C@@H]1CCC2(OC)OC. The minimum absolute atomic E-state index is 0.0580. The van der Waals surface area contributed by atoms with Crippen LogP contribution < -0.4 is 5.32 Å². The molecule has 0 aromatic carbocycles. The Hall–Kier alpha value is -1.78. The van der Waals surface area contributed by atoms with Gasteiger partial charge in [0.05, 0.1) is 6.04 Å². The summed E-state index contributed by atoms with van der Waals surface area (Å²) in [4.78, 5) is 27.7. The molecular formula is C22H36N2O5. The van der Waals surface area contributed by atoms with E-state index in [1.807, 2.05) is 13.8 Å². The number of terminal acetylenes is 1. The number of methoxy groups -OCH3 is 2. The van der Waals surface area contributed by atoms with Crippen molar-refractivity contribution in [3.8, 4) is 12.3 Å². The van der Waals surface area contributed by atoms with Gasteiger partial charge in [0.1, 0.15) is 11.6 Å². The number of alkyl carbamates (subject to hydrolysis) is 1. The summed E-state index contributed by atoms with van der Waals surface area (Å²) in [5.41, 5.74) is -0.643. The van der Waals surface area contributed by atoms with Crippen LogP contribution in [0.25, 0.3) is 0 Å². The Morgan fingerprint density at radius 3 is 2.38 bits per heavy atom. The Kier molecular flexibility index (Phi) is 7.23. The molecule has 0 aromatic rings. The Balaban J connectivity index is 2.28. The summed E-state index contributed by atoms with van der Waals surface area (Å²) in [6, 6.07) is -0.977. The number of nitrogens with zero attached hydrogens (tertiary/aromatic N) is 1. The summed E-state index contributed by atoms with van der Waals surface area (Å²) in [6.07, 6.45) is 7.18. The molecule has 0 aromatic heterocycles. The van der Waals surface area contributed by atoms with Crippen molar-refractivity contribution in [3.05, 3.63) is 0 Å². The lowest BCUT2D eigenvalue weighted by molar-refractivity contribution is -0.230. The van der Waals surface area contributed by atoms with Crippen LogP contribution in [0.2, 0.25) is 0 Å². The van der Waals surface area contributed by atoms with Gasteiger partial charge in [-0.05, 0) is 39.5 Å². The number of nitrogens with one attached hydrogen (secondary N) is 1. The molecule has 0 bridgehead atoms. The van der Waals surface area contributed by atoms with E-state index in [1.54, 1.807) is 39.9 Å². The third-order valence-electron chi connectivity index (χ3n) is 5.81. The van der Waals surface area contributed by atoms with Crippen molar-refractivity contribution in [3.63, 3.8) is 0 Å². The number of carbonyl (C=O) groups excluding carboxylic acids is 2. The molecule has 7 nitrogen and oxygen atoms in total. The van der Waals surface area contributed by atoms with Gasteiger partial charge < -0.3 is 24.4 Å². The van der Waals surface area contributed by atoms with Gasteiger partial charge in [0.15, 0.2) is 5.79 Å². The molecule has 0 radical (unpaired) electrons. The van der Waals surface area contributed by atoms with E-state index >= 15 is 0 Å². The number of likely N-dealkylation sites (tertiary alicyclic amines) is 1. The molecule has 0 spiro atoms. The molecular weight excluding hydrogens is 372 g/mol. The number of ether oxygens (including phenoxy) is 3. The average molecular weight is 409 g/mol. The van der Waals surface area contributed by atoms with Gasteiger partial charge in [-0.3, -0.25) is 4.79 Å². The fraction of sp³-hybridized carbons (Fsp3) is 0.818. The molecule has 1 N–H and O–H groups in total. The number of fused-ring (bicyclic) bond motifs is 1. The molecule has 7 heteroatoms. The second-order valence-corrected chi connectivity index (χ2v) is 9.46. The third kappa shape index (κ3) is 5.04. The molecule has 4 atom stereocenters. The summed E-state index contributed by atoms with van der Waals surface area (Å²) >= 11 is 0. The van der Waals surface area contributed by atoms with Gasteiger partial charge in [-0.15, -0.1) is 12.3 Å². The van der Waals surface area contributed by atoms with Crippen LogP contribution in [0.15, 0.2) is 0 Å². The number of carbonyl (C=O) groups is 2. The van der Waals surface area contributed by atoms with E-state index in [2.05, 4.69) is 11.2 Å². The fourth-order valence-corrected chi connectivity index (χ4v) is 4.63. The highest BCUT2D eigenvalue weighted by Gasteiger charge is 2.60. The van der Waals surface area contributed by atoms with E-state index in [0.29, 0.717) is 19.4 Å². The van der Waals surface area contributed by atoms with Crippen LogP contribution in [0.1, 0.15) is 53.9 Å². The number of hydrogen-bond acceptors (Lipinski definition) is 5. The maximum absolute atomic E-state index is 13.6. The lowest BCUT2D eigenvalue weighted by Crippen LogP contribution is -2.57. The molecule has 2 amide bonds. The maximum Gasteiger partial charge on any atom is 0.408 e. The highest BCUT2D eigenvalue weighted by atomic mass is 16.7.